The molecule has 10 aliphatic rings. The third-order valence-corrected chi connectivity index (χ3v) is 15.7. The molecule has 4 fully saturated rings. The molecule has 4 aliphatic heterocycles. The van der Waals surface area contributed by atoms with Gasteiger partial charge in [-0.05, 0) is 86.3 Å². The Bertz CT molecular complexity index is 2750. The van der Waals surface area contributed by atoms with Crippen molar-refractivity contribution in [3.63, 3.8) is 0 Å². The fourth-order valence-electron chi connectivity index (χ4n) is 12.9. The summed E-state index contributed by atoms with van der Waals surface area (Å²) in [5.41, 5.74) is 8.71. The van der Waals surface area contributed by atoms with Gasteiger partial charge in [0.15, 0.2) is 0 Å². The number of imide groups is 2. The third kappa shape index (κ3) is 5.03. The van der Waals surface area contributed by atoms with E-state index in [9.17, 15) is 19.2 Å². The molecule has 6 atom stereocenters. The Morgan fingerprint density at radius 2 is 0.769 bits per heavy atom. The van der Waals surface area contributed by atoms with E-state index in [1.165, 1.54) is 9.80 Å². The van der Waals surface area contributed by atoms with Crippen LogP contribution >= 0.6 is 0 Å². The standard InChI is InChI=1S/C55H42N2O8/c58-50-46-44-36-9-1-5-13-40(36)54(64-28-34-26-62-34,41-14-6-2-10-37(41)44)48(46)52(60)56(50)32-21-17-30(18-22-32)25-31-19-23-33(24-20-31)57-51(59)47-45-38-11-3-7-15-42(38)55(49(47)53(57)61,65-29-35-27-63-35)43-16-8-4-12-39(43)45/h1-24,34-35,44-49H,25-29H2. The van der Waals surface area contributed by atoms with Gasteiger partial charge in [-0.25, -0.2) is 9.80 Å². The van der Waals surface area contributed by atoms with Crippen molar-refractivity contribution in [2.45, 2.75) is 41.7 Å². The van der Waals surface area contributed by atoms with Gasteiger partial charge in [-0.15, -0.1) is 0 Å². The first-order valence-electron chi connectivity index (χ1n) is 22.7. The van der Waals surface area contributed by atoms with Crippen LogP contribution in [0.25, 0.3) is 0 Å². The van der Waals surface area contributed by atoms with Gasteiger partial charge in [0.25, 0.3) is 0 Å². The summed E-state index contributed by atoms with van der Waals surface area (Å²) in [4.78, 5) is 61.8. The summed E-state index contributed by atoms with van der Waals surface area (Å²) in [6, 6.07) is 47.7. The van der Waals surface area contributed by atoms with E-state index < -0.39 is 34.9 Å². The summed E-state index contributed by atoms with van der Waals surface area (Å²) in [5.74, 6) is -4.15. The maximum Gasteiger partial charge on any atom is 0.241 e. The van der Waals surface area contributed by atoms with Crippen LogP contribution < -0.4 is 9.80 Å². The van der Waals surface area contributed by atoms with Crippen molar-refractivity contribution in [1.82, 2.24) is 0 Å². The molecule has 0 radical (unpaired) electrons. The Morgan fingerprint density at radius 3 is 1.09 bits per heavy atom. The molecule has 0 saturated carbocycles. The minimum absolute atomic E-state index is 0.0319. The molecule has 65 heavy (non-hydrogen) atoms. The Morgan fingerprint density at radius 1 is 0.446 bits per heavy atom. The molecule has 0 N–H and O–H groups in total. The maximum atomic E-state index is 14.8. The highest BCUT2D eigenvalue weighted by atomic mass is 16.6. The second-order valence-electron chi connectivity index (χ2n) is 18.8. The zero-order chi connectivity index (χ0) is 43.3. The number of hydrogen-bond acceptors (Lipinski definition) is 8. The van der Waals surface area contributed by atoms with Crippen LogP contribution in [0.3, 0.4) is 0 Å². The Kier molecular flexibility index (Phi) is 7.84. The molecule has 6 aromatic rings. The van der Waals surface area contributed by atoms with Gasteiger partial charge >= 0.3 is 0 Å². The summed E-state index contributed by atoms with van der Waals surface area (Å²) in [5, 5.41) is 0. The number of benzene rings is 6. The molecule has 16 rings (SSSR count). The lowest BCUT2D eigenvalue weighted by atomic mass is 9.52. The summed E-state index contributed by atoms with van der Waals surface area (Å²) < 4.78 is 24.9. The van der Waals surface area contributed by atoms with Crippen molar-refractivity contribution >= 4 is 35.0 Å². The molecule has 320 valence electrons. The van der Waals surface area contributed by atoms with Crippen LogP contribution in [0.5, 0.6) is 0 Å². The monoisotopic (exact) mass is 858 g/mol. The molecule has 6 aliphatic carbocycles. The van der Waals surface area contributed by atoms with Crippen LogP contribution in [0.1, 0.15) is 67.5 Å². The number of amides is 4. The fraction of sp³-hybridized carbons (Fsp3) is 0.273. The van der Waals surface area contributed by atoms with Crippen LogP contribution in [-0.2, 0) is 55.7 Å². The van der Waals surface area contributed by atoms with E-state index in [1.807, 2.05) is 97.1 Å². The Balaban J connectivity index is 0.742. The van der Waals surface area contributed by atoms with Gasteiger partial charge in [0.1, 0.15) is 23.4 Å². The topological polar surface area (TPSA) is 118 Å². The van der Waals surface area contributed by atoms with Gasteiger partial charge in [0, 0.05) is 11.8 Å². The maximum absolute atomic E-state index is 14.8. The Labute approximate surface area is 374 Å². The van der Waals surface area contributed by atoms with Crippen molar-refractivity contribution in [2.75, 3.05) is 36.2 Å². The zero-order valence-electron chi connectivity index (χ0n) is 35.2. The van der Waals surface area contributed by atoms with Gasteiger partial charge in [-0.3, -0.25) is 19.2 Å². The number of hydrogen-bond donors (Lipinski definition) is 0. The summed E-state index contributed by atoms with van der Waals surface area (Å²) in [6.45, 7) is 1.89. The van der Waals surface area contributed by atoms with Crippen molar-refractivity contribution < 1.29 is 38.1 Å². The lowest BCUT2D eigenvalue weighted by Crippen LogP contribution is -2.55. The number of anilines is 2. The Hall–Kier alpha value is -6.56. The lowest BCUT2D eigenvalue weighted by molar-refractivity contribution is -0.143. The van der Waals surface area contributed by atoms with Crippen LogP contribution in [0.2, 0.25) is 0 Å². The predicted octanol–water partition coefficient (Wildman–Crippen LogP) is 7.12. The minimum Gasteiger partial charge on any atom is -0.371 e. The van der Waals surface area contributed by atoms with Crippen LogP contribution in [0.4, 0.5) is 11.4 Å². The number of carbonyl (C=O) groups excluding carboxylic acids is 4. The summed E-state index contributed by atoms with van der Waals surface area (Å²) >= 11 is 0. The third-order valence-electron chi connectivity index (χ3n) is 15.7. The van der Waals surface area contributed by atoms with Gasteiger partial charge in [0.2, 0.25) is 23.6 Å². The molecule has 10 heteroatoms. The highest BCUT2D eigenvalue weighted by Gasteiger charge is 2.71. The number of ether oxygens (including phenoxy) is 4. The molecular weight excluding hydrogens is 817 g/mol. The van der Waals surface area contributed by atoms with E-state index in [0.717, 1.165) is 55.6 Å². The number of epoxide rings is 2. The molecule has 4 bridgehead atoms. The molecule has 10 nitrogen and oxygen atoms in total. The van der Waals surface area contributed by atoms with Crippen molar-refractivity contribution in [2.24, 2.45) is 23.7 Å². The van der Waals surface area contributed by atoms with Gasteiger partial charge in [-0.2, -0.15) is 0 Å². The van der Waals surface area contributed by atoms with E-state index >= 15 is 0 Å². The fourth-order valence-corrected chi connectivity index (χ4v) is 12.9. The molecule has 0 spiro atoms. The van der Waals surface area contributed by atoms with Crippen LogP contribution in [0, 0.1) is 23.7 Å². The molecular formula is C55H42N2O8. The SMILES string of the molecule is O=C1C2C3c4ccccc4C(OCC4CO4)(c4ccccc43)C2C(=O)N1c1ccc(Cc2ccc(N3C(=O)C4C5c6ccccc6C(OCC6CO6)(c6ccccc65)C4C3=O)cc2)cc1. The first kappa shape index (κ1) is 37.8. The highest BCUT2D eigenvalue weighted by Crippen LogP contribution is 2.66. The summed E-state index contributed by atoms with van der Waals surface area (Å²) in [6.07, 6.45) is 0.492. The predicted molar refractivity (Wildman–Crippen MR) is 237 cm³/mol. The van der Waals surface area contributed by atoms with E-state index in [2.05, 4.69) is 48.5 Å². The van der Waals surface area contributed by atoms with Crippen molar-refractivity contribution in [1.29, 1.82) is 0 Å². The molecule has 6 unspecified atom stereocenters. The number of nitrogens with zero attached hydrogens (tertiary/aromatic N) is 2. The van der Waals surface area contributed by atoms with Gasteiger partial charge in [-0.1, -0.05) is 121 Å². The highest BCUT2D eigenvalue weighted by molar-refractivity contribution is 6.24. The quantitative estimate of drug-likeness (QED) is 0.106. The minimum atomic E-state index is -1.12. The molecule has 0 aromatic heterocycles. The average Bonchev–Trinajstić information content (AvgIpc) is 4.30. The average molecular weight is 859 g/mol. The molecule has 4 saturated heterocycles. The molecule has 4 heterocycles. The zero-order valence-corrected chi connectivity index (χ0v) is 35.2. The first-order valence-corrected chi connectivity index (χ1v) is 22.7. The van der Waals surface area contributed by atoms with E-state index in [-0.39, 0.29) is 47.7 Å². The van der Waals surface area contributed by atoms with E-state index in [4.69, 9.17) is 18.9 Å². The van der Waals surface area contributed by atoms with Crippen molar-refractivity contribution in [3.8, 4) is 0 Å². The number of rotatable bonds is 10. The summed E-state index contributed by atoms with van der Waals surface area (Å²) in [7, 11) is 0. The largest absolute Gasteiger partial charge is 0.371 e. The first-order chi connectivity index (χ1) is 31.9. The normalized spacial score (nSPS) is 31.3. The molecule has 6 aromatic carbocycles. The van der Waals surface area contributed by atoms with Gasteiger partial charge in [0.05, 0.1) is 61.5 Å². The second kappa shape index (κ2) is 13.5. The van der Waals surface area contributed by atoms with Crippen molar-refractivity contribution in [3.05, 3.63) is 201 Å². The van der Waals surface area contributed by atoms with E-state index in [0.29, 0.717) is 44.2 Å². The van der Waals surface area contributed by atoms with Crippen LogP contribution in [0.15, 0.2) is 146 Å². The second-order valence-corrected chi connectivity index (χ2v) is 18.8. The van der Waals surface area contributed by atoms with Crippen LogP contribution in [-0.4, -0.2) is 62.3 Å². The lowest BCUT2D eigenvalue weighted by Gasteiger charge is -2.53. The molecule has 4 amide bonds. The van der Waals surface area contributed by atoms with Gasteiger partial charge < -0.3 is 18.9 Å². The van der Waals surface area contributed by atoms with E-state index in [1.54, 1.807) is 0 Å². The number of carbonyl (C=O) groups is 4. The smallest absolute Gasteiger partial charge is 0.241 e.